The maximum absolute atomic E-state index is 11.8. The molecule has 0 aromatic heterocycles. The van der Waals surface area contributed by atoms with Crippen molar-refractivity contribution in [2.75, 3.05) is 17.7 Å². The number of urea groups is 1. The van der Waals surface area contributed by atoms with Crippen molar-refractivity contribution in [1.82, 2.24) is 5.32 Å². The molecule has 6 nitrogen and oxygen atoms in total. The fourth-order valence-electron chi connectivity index (χ4n) is 1.74. The van der Waals surface area contributed by atoms with Crippen molar-refractivity contribution < 1.29 is 14.3 Å². The number of anilines is 2. The predicted molar refractivity (Wildman–Crippen MR) is 79.0 cm³/mol. The number of hydrogen-bond donors (Lipinski definition) is 3. The van der Waals surface area contributed by atoms with Gasteiger partial charge in [0.2, 0.25) is 0 Å². The number of rotatable bonds is 5. The molecule has 0 aliphatic rings. The summed E-state index contributed by atoms with van der Waals surface area (Å²) >= 11 is 0. The third kappa shape index (κ3) is 5.60. The first-order valence-corrected chi connectivity index (χ1v) is 6.57. The zero-order chi connectivity index (χ0) is 15.0. The Morgan fingerprint density at radius 3 is 2.50 bits per heavy atom. The summed E-state index contributed by atoms with van der Waals surface area (Å²) in [5.41, 5.74) is 1.15. The van der Waals surface area contributed by atoms with Gasteiger partial charge in [-0.2, -0.15) is 0 Å². The van der Waals surface area contributed by atoms with Crippen LogP contribution in [0.5, 0.6) is 0 Å². The molecule has 0 radical (unpaired) electrons. The van der Waals surface area contributed by atoms with Gasteiger partial charge < -0.3 is 15.4 Å². The van der Waals surface area contributed by atoms with Crippen LogP contribution >= 0.6 is 0 Å². The molecule has 0 saturated heterocycles. The third-order valence-electron chi connectivity index (χ3n) is 2.65. The van der Waals surface area contributed by atoms with Crippen molar-refractivity contribution in [3.8, 4) is 0 Å². The van der Waals surface area contributed by atoms with Crippen LogP contribution in [0.2, 0.25) is 0 Å². The van der Waals surface area contributed by atoms with E-state index in [1.165, 1.54) is 7.11 Å². The number of nitrogens with one attached hydrogen (secondary N) is 3. The number of carbonyl (C=O) groups excluding carboxylic acids is 2. The molecule has 6 heteroatoms. The molecule has 110 valence electrons. The molecule has 0 unspecified atom stereocenters. The fourth-order valence-corrected chi connectivity index (χ4v) is 1.74. The van der Waals surface area contributed by atoms with E-state index >= 15 is 0 Å². The highest BCUT2D eigenvalue weighted by Crippen LogP contribution is 2.15. The maximum atomic E-state index is 11.8. The molecule has 1 atom stereocenters. The Kier molecular flexibility index (Phi) is 6.36. The lowest BCUT2D eigenvalue weighted by atomic mass is 10.2. The van der Waals surface area contributed by atoms with E-state index in [1.54, 1.807) is 24.3 Å². The second kappa shape index (κ2) is 8.04. The molecule has 0 fully saturated rings. The Hall–Kier alpha value is -2.24. The molecule has 0 saturated carbocycles. The first kappa shape index (κ1) is 15.8. The number of amides is 3. The quantitative estimate of drug-likeness (QED) is 0.774. The smallest absolute Gasteiger partial charge is 0.411 e. The van der Waals surface area contributed by atoms with E-state index in [4.69, 9.17) is 0 Å². The van der Waals surface area contributed by atoms with Crippen LogP contribution in [-0.2, 0) is 4.74 Å². The van der Waals surface area contributed by atoms with Crippen molar-refractivity contribution in [3.05, 3.63) is 24.3 Å². The normalized spacial score (nSPS) is 11.3. The fraction of sp³-hybridized carbons (Fsp3) is 0.429. The summed E-state index contributed by atoms with van der Waals surface area (Å²) in [6, 6.07) is 6.70. The maximum Gasteiger partial charge on any atom is 0.411 e. The summed E-state index contributed by atoms with van der Waals surface area (Å²) in [5.74, 6) is 0. The average Bonchev–Trinajstić information content (AvgIpc) is 2.38. The van der Waals surface area contributed by atoms with Crippen LogP contribution < -0.4 is 16.0 Å². The molecule has 0 aliphatic heterocycles. The molecule has 3 amide bonds. The van der Waals surface area contributed by atoms with Gasteiger partial charge in [0.25, 0.3) is 0 Å². The Bertz CT molecular complexity index is 463. The highest BCUT2D eigenvalue weighted by Gasteiger charge is 2.07. The van der Waals surface area contributed by atoms with Gasteiger partial charge in [0.05, 0.1) is 7.11 Å². The van der Waals surface area contributed by atoms with Gasteiger partial charge in [0, 0.05) is 17.4 Å². The van der Waals surface area contributed by atoms with Crippen LogP contribution in [-0.4, -0.2) is 25.3 Å². The lowest BCUT2D eigenvalue weighted by molar-refractivity contribution is 0.187. The molecule has 3 N–H and O–H groups in total. The molecule has 1 rings (SSSR count). The molecule has 1 aromatic carbocycles. The molecular weight excluding hydrogens is 258 g/mol. The van der Waals surface area contributed by atoms with Crippen molar-refractivity contribution in [1.29, 1.82) is 0 Å². The van der Waals surface area contributed by atoms with Crippen LogP contribution in [0.25, 0.3) is 0 Å². The van der Waals surface area contributed by atoms with E-state index in [2.05, 4.69) is 27.6 Å². The van der Waals surface area contributed by atoms with E-state index in [-0.39, 0.29) is 12.1 Å². The molecule has 0 bridgehead atoms. The minimum atomic E-state index is -0.553. The van der Waals surface area contributed by atoms with E-state index in [0.29, 0.717) is 11.4 Å². The molecule has 0 heterocycles. The first-order valence-electron chi connectivity index (χ1n) is 6.57. The van der Waals surface area contributed by atoms with Crippen LogP contribution in [0.4, 0.5) is 21.0 Å². The summed E-state index contributed by atoms with van der Waals surface area (Å²) in [5, 5.41) is 8.09. The molecular formula is C14H21N3O3. The average molecular weight is 279 g/mol. The van der Waals surface area contributed by atoms with E-state index in [0.717, 1.165) is 12.8 Å². The van der Waals surface area contributed by atoms with Gasteiger partial charge in [0.15, 0.2) is 0 Å². The summed E-state index contributed by atoms with van der Waals surface area (Å²) in [4.78, 5) is 22.9. The van der Waals surface area contributed by atoms with E-state index in [9.17, 15) is 9.59 Å². The Morgan fingerprint density at radius 2 is 1.90 bits per heavy atom. The minimum absolute atomic E-state index is 0.122. The van der Waals surface area contributed by atoms with Crippen molar-refractivity contribution >= 4 is 23.5 Å². The Labute approximate surface area is 118 Å². The standard InChI is InChI=1S/C14H21N3O3/c1-4-6-10(2)15-13(18)16-11-7-5-8-12(9-11)17-14(19)20-3/h5,7-10H,4,6H2,1-3H3,(H,17,19)(H2,15,16,18)/t10-/m1/s1. The molecule has 0 aliphatic carbocycles. The van der Waals surface area contributed by atoms with Gasteiger partial charge in [-0.05, 0) is 31.5 Å². The highest BCUT2D eigenvalue weighted by molar-refractivity contribution is 5.91. The zero-order valence-electron chi connectivity index (χ0n) is 12.0. The van der Waals surface area contributed by atoms with Gasteiger partial charge in [0.1, 0.15) is 0 Å². The van der Waals surface area contributed by atoms with Crippen molar-refractivity contribution in [2.45, 2.75) is 32.7 Å². The highest BCUT2D eigenvalue weighted by atomic mass is 16.5. The molecule has 1 aromatic rings. The van der Waals surface area contributed by atoms with Crippen LogP contribution in [0.1, 0.15) is 26.7 Å². The number of hydrogen-bond acceptors (Lipinski definition) is 3. The Morgan fingerprint density at radius 1 is 1.25 bits per heavy atom. The SMILES string of the molecule is CCC[C@@H](C)NC(=O)Nc1cccc(NC(=O)OC)c1. The van der Waals surface area contributed by atoms with Gasteiger partial charge in [-0.15, -0.1) is 0 Å². The summed E-state index contributed by atoms with van der Waals surface area (Å²) in [6.45, 7) is 4.02. The molecule has 20 heavy (non-hydrogen) atoms. The zero-order valence-corrected chi connectivity index (χ0v) is 12.0. The van der Waals surface area contributed by atoms with E-state index < -0.39 is 6.09 Å². The largest absolute Gasteiger partial charge is 0.453 e. The minimum Gasteiger partial charge on any atom is -0.453 e. The number of benzene rings is 1. The second-order valence-corrected chi connectivity index (χ2v) is 4.49. The van der Waals surface area contributed by atoms with Crippen LogP contribution in [0, 0.1) is 0 Å². The summed E-state index contributed by atoms with van der Waals surface area (Å²) in [7, 11) is 1.29. The van der Waals surface area contributed by atoms with E-state index in [1.807, 2.05) is 6.92 Å². The summed E-state index contributed by atoms with van der Waals surface area (Å²) in [6.07, 6.45) is 1.39. The van der Waals surface area contributed by atoms with Gasteiger partial charge in [-0.25, -0.2) is 9.59 Å². The molecule has 0 spiro atoms. The first-order chi connectivity index (χ1) is 9.55. The van der Waals surface area contributed by atoms with Crippen molar-refractivity contribution in [2.24, 2.45) is 0 Å². The van der Waals surface area contributed by atoms with Gasteiger partial charge in [-0.1, -0.05) is 19.4 Å². The van der Waals surface area contributed by atoms with Crippen LogP contribution in [0.15, 0.2) is 24.3 Å². The number of methoxy groups -OCH3 is 1. The number of ether oxygens (including phenoxy) is 1. The number of carbonyl (C=O) groups is 2. The Balaban J connectivity index is 2.57. The third-order valence-corrected chi connectivity index (χ3v) is 2.65. The van der Waals surface area contributed by atoms with Crippen molar-refractivity contribution in [3.63, 3.8) is 0 Å². The topological polar surface area (TPSA) is 79.5 Å². The lowest BCUT2D eigenvalue weighted by Crippen LogP contribution is -2.35. The van der Waals surface area contributed by atoms with Crippen LogP contribution in [0.3, 0.4) is 0 Å². The monoisotopic (exact) mass is 279 g/mol. The second-order valence-electron chi connectivity index (χ2n) is 4.49. The predicted octanol–water partition coefficient (Wildman–Crippen LogP) is 3.18. The van der Waals surface area contributed by atoms with Gasteiger partial charge >= 0.3 is 12.1 Å². The van der Waals surface area contributed by atoms with Gasteiger partial charge in [-0.3, -0.25) is 5.32 Å². The lowest BCUT2D eigenvalue weighted by Gasteiger charge is -2.14. The summed E-state index contributed by atoms with van der Waals surface area (Å²) < 4.78 is 4.50.